The normalized spacial score (nSPS) is 15.9. The minimum absolute atomic E-state index is 0.0174. The molecular weight excluding hydrogens is 703 g/mol. The lowest BCUT2D eigenvalue weighted by molar-refractivity contribution is -0.137. The lowest BCUT2D eigenvalue weighted by Gasteiger charge is -2.23. The molecule has 0 unspecified atom stereocenters. The number of amides is 2. The fraction of sp³-hybridized carbons (Fsp3) is 0.394. The van der Waals surface area contributed by atoms with Gasteiger partial charge < -0.3 is 25.4 Å². The molecule has 1 saturated heterocycles. The van der Waals surface area contributed by atoms with Gasteiger partial charge in [-0.05, 0) is 45.8 Å². The quantitative estimate of drug-likeness (QED) is 0.0979. The maximum absolute atomic E-state index is 14.5. The van der Waals surface area contributed by atoms with Crippen molar-refractivity contribution in [2.24, 2.45) is 5.73 Å². The zero-order chi connectivity index (χ0) is 34.9. The summed E-state index contributed by atoms with van der Waals surface area (Å²) in [5, 5.41) is 7.58. The van der Waals surface area contributed by atoms with E-state index in [0.29, 0.717) is 65.2 Å². The summed E-state index contributed by atoms with van der Waals surface area (Å²) in [7, 11) is 0. The highest BCUT2D eigenvalue weighted by atomic mass is 79.9. The number of rotatable bonds is 16. The number of halogens is 2. The van der Waals surface area contributed by atoms with Gasteiger partial charge in [0.2, 0.25) is 11.8 Å². The predicted molar refractivity (Wildman–Crippen MR) is 180 cm³/mol. The van der Waals surface area contributed by atoms with E-state index in [9.17, 15) is 23.6 Å². The first-order chi connectivity index (χ1) is 23.6. The molecule has 0 spiro atoms. The van der Waals surface area contributed by atoms with Crippen molar-refractivity contribution in [3.05, 3.63) is 64.9 Å². The third-order valence-corrected chi connectivity index (χ3v) is 8.21. The standard InChI is InChI=1S/C33H36BrFN8O6/c1-20(44)32-25-13-21(22-15-37-29(38-16-22)8-6-24(45)19-49-12-11-48-10-9-36)5-7-26(25)43(41-32)18-31(46)42-17-23(35)14-27(42)33(47)40-30-4-2-3-28(34)39-30/h2-5,7,13,15-16,23,27H,6,8-12,14,17-19,36H2,1H3,(H,39,40,47)/t23-,27+/m1/s1. The van der Waals surface area contributed by atoms with Gasteiger partial charge in [0.05, 0.1) is 31.9 Å². The first-order valence-corrected chi connectivity index (χ1v) is 16.5. The number of aromatic nitrogens is 5. The van der Waals surface area contributed by atoms with E-state index >= 15 is 0 Å². The van der Waals surface area contributed by atoms with Crippen LogP contribution in [0.15, 0.2) is 53.4 Å². The Balaban J connectivity index is 1.24. The van der Waals surface area contributed by atoms with Crippen LogP contribution in [0.5, 0.6) is 0 Å². The van der Waals surface area contributed by atoms with Gasteiger partial charge in [-0.15, -0.1) is 0 Å². The summed E-state index contributed by atoms with van der Waals surface area (Å²) in [4.78, 5) is 65.4. The third-order valence-electron chi connectivity index (χ3n) is 7.77. The first kappa shape index (κ1) is 35.8. The number of nitrogens with one attached hydrogen (secondary N) is 1. The number of carbonyl (C=O) groups is 4. The number of carbonyl (C=O) groups excluding carboxylic acids is 4. The van der Waals surface area contributed by atoms with Gasteiger partial charge in [-0.25, -0.2) is 19.3 Å². The van der Waals surface area contributed by atoms with E-state index in [1.165, 1.54) is 16.5 Å². The molecule has 0 saturated carbocycles. The van der Waals surface area contributed by atoms with Crippen molar-refractivity contribution in [2.75, 3.05) is 44.8 Å². The number of ketones is 2. The van der Waals surface area contributed by atoms with Crippen LogP contribution in [-0.2, 0) is 36.8 Å². The average molecular weight is 740 g/mol. The summed E-state index contributed by atoms with van der Waals surface area (Å²) < 4.78 is 27.0. The third kappa shape index (κ3) is 9.35. The minimum Gasteiger partial charge on any atom is -0.378 e. The number of benzene rings is 1. The molecule has 5 rings (SSSR count). The molecule has 1 aromatic carbocycles. The van der Waals surface area contributed by atoms with E-state index in [2.05, 4.69) is 41.3 Å². The molecule has 1 fully saturated rings. The zero-order valence-electron chi connectivity index (χ0n) is 26.8. The van der Waals surface area contributed by atoms with E-state index in [1.54, 1.807) is 48.8 Å². The highest BCUT2D eigenvalue weighted by Crippen LogP contribution is 2.28. The molecule has 1 aliphatic rings. The van der Waals surface area contributed by atoms with Gasteiger partial charge >= 0.3 is 0 Å². The van der Waals surface area contributed by atoms with Crippen LogP contribution in [0.1, 0.15) is 36.1 Å². The second-order valence-corrected chi connectivity index (χ2v) is 12.2. The van der Waals surface area contributed by atoms with E-state index in [-0.39, 0.29) is 55.6 Å². The van der Waals surface area contributed by atoms with Gasteiger partial charge in [-0.2, -0.15) is 5.10 Å². The molecule has 0 radical (unpaired) electrons. The summed E-state index contributed by atoms with van der Waals surface area (Å²) in [6.45, 7) is 2.37. The Morgan fingerprint density at radius 3 is 2.57 bits per heavy atom. The van der Waals surface area contributed by atoms with Crippen molar-refractivity contribution in [1.29, 1.82) is 0 Å². The largest absolute Gasteiger partial charge is 0.378 e. The van der Waals surface area contributed by atoms with Crippen LogP contribution in [0.4, 0.5) is 10.2 Å². The number of nitrogens with zero attached hydrogens (tertiary/aromatic N) is 6. The van der Waals surface area contributed by atoms with Crippen molar-refractivity contribution < 1.29 is 33.0 Å². The summed E-state index contributed by atoms with van der Waals surface area (Å²) >= 11 is 3.25. The van der Waals surface area contributed by atoms with Crippen LogP contribution in [-0.4, -0.2) is 105 Å². The Hall–Kier alpha value is -4.51. The second-order valence-electron chi connectivity index (χ2n) is 11.4. The lowest BCUT2D eigenvalue weighted by atomic mass is 10.0. The number of hydrogen-bond acceptors (Lipinski definition) is 11. The molecule has 4 heterocycles. The molecule has 3 N–H and O–H groups in total. The fourth-order valence-electron chi connectivity index (χ4n) is 5.40. The molecule has 1 aliphatic heterocycles. The van der Waals surface area contributed by atoms with Crippen molar-refractivity contribution in [3.63, 3.8) is 0 Å². The van der Waals surface area contributed by atoms with E-state index in [0.717, 1.165) is 0 Å². The number of fused-ring (bicyclic) bond motifs is 1. The Morgan fingerprint density at radius 1 is 1.06 bits per heavy atom. The SMILES string of the molecule is CC(=O)c1nn(CC(=O)N2C[C@H](F)C[C@H]2C(=O)Nc2cccc(Br)n2)c2ccc(-c3cnc(CCC(=O)COCCOCCN)nc3)cc12. The van der Waals surface area contributed by atoms with Crippen LogP contribution in [0.25, 0.3) is 22.0 Å². The van der Waals surface area contributed by atoms with E-state index < -0.39 is 24.0 Å². The molecule has 2 amide bonds. The summed E-state index contributed by atoms with van der Waals surface area (Å²) in [6.07, 6.45) is 2.33. The number of nitrogens with two attached hydrogens (primary N) is 1. The van der Waals surface area contributed by atoms with E-state index in [1.807, 2.05) is 0 Å². The number of Topliss-reactive ketones (excluding diaryl/α,β-unsaturated/α-hetero) is 2. The fourth-order valence-corrected chi connectivity index (χ4v) is 5.74. The van der Waals surface area contributed by atoms with Crippen molar-refractivity contribution in [3.8, 4) is 11.1 Å². The van der Waals surface area contributed by atoms with Crippen LogP contribution >= 0.6 is 15.9 Å². The number of ether oxygens (including phenoxy) is 2. The van der Waals surface area contributed by atoms with Crippen molar-refractivity contribution >= 4 is 56.0 Å². The summed E-state index contributed by atoms with van der Waals surface area (Å²) in [5.74, 6) is -0.677. The number of pyridine rings is 1. The number of hydrogen-bond donors (Lipinski definition) is 2. The molecular formula is C33H36BrFN8O6. The number of likely N-dealkylation sites (tertiary alicyclic amines) is 1. The summed E-state index contributed by atoms with van der Waals surface area (Å²) in [5.41, 5.74) is 7.42. The Kier molecular flexibility index (Phi) is 12.2. The molecule has 4 aromatic rings. The molecule has 3 aromatic heterocycles. The topological polar surface area (TPSA) is 185 Å². The molecule has 2 atom stereocenters. The molecule has 16 heteroatoms. The van der Waals surface area contributed by atoms with Crippen LogP contribution in [0.2, 0.25) is 0 Å². The van der Waals surface area contributed by atoms with Crippen LogP contribution < -0.4 is 11.1 Å². The highest BCUT2D eigenvalue weighted by Gasteiger charge is 2.40. The summed E-state index contributed by atoms with van der Waals surface area (Å²) in [6, 6.07) is 9.24. The average Bonchev–Trinajstić information content (AvgIpc) is 3.66. The Bertz CT molecular complexity index is 1820. The van der Waals surface area contributed by atoms with Gasteiger partial charge in [0.1, 0.15) is 47.3 Å². The lowest BCUT2D eigenvalue weighted by Crippen LogP contribution is -2.44. The minimum atomic E-state index is -1.37. The number of aryl methyl sites for hydroxylation is 1. The van der Waals surface area contributed by atoms with Gasteiger partial charge in [-0.3, -0.25) is 23.9 Å². The van der Waals surface area contributed by atoms with Gasteiger partial charge in [-0.1, -0.05) is 12.1 Å². The van der Waals surface area contributed by atoms with Crippen molar-refractivity contribution in [2.45, 2.75) is 44.9 Å². The molecule has 0 aliphatic carbocycles. The monoisotopic (exact) mass is 738 g/mol. The molecule has 49 heavy (non-hydrogen) atoms. The van der Waals surface area contributed by atoms with Gasteiger partial charge in [0.15, 0.2) is 11.6 Å². The smallest absolute Gasteiger partial charge is 0.248 e. The van der Waals surface area contributed by atoms with Gasteiger partial charge in [0.25, 0.3) is 0 Å². The molecule has 258 valence electrons. The Labute approximate surface area is 289 Å². The predicted octanol–water partition coefficient (Wildman–Crippen LogP) is 2.92. The van der Waals surface area contributed by atoms with Crippen LogP contribution in [0, 0.1) is 0 Å². The van der Waals surface area contributed by atoms with Crippen molar-refractivity contribution in [1.82, 2.24) is 29.6 Å². The maximum atomic E-state index is 14.5. The molecule has 0 bridgehead atoms. The van der Waals surface area contributed by atoms with E-state index in [4.69, 9.17) is 15.2 Å². The first-order valence-electron chi connectivity index (χ1n) is 15.7. The number of alkyl halides is 1. The number of anilines is 1. The highest BCUT2D eigenvalue weighted by molar-refractivity contribution is 9.10. The van der Waals surface area contributed by atoms with Crippen LogP contribution in [0.3, 0.4) is 0 Å². The zero-order valence-corrected chi connectivity index (χ0v) is 28.4. The van der Waals surface area contributed by atoms with Gasteiger partial charge in [0, 0.05) is 56.1 Å². The molecule has 14 nitrogen and oxygen atoms in total. The Morgan fingerprint density at radius 2 is 1.84 bits per heavy atom. The maximum Gasteiger partial charge on any atom is 0.248 e. The second kappa shape index (κ2) is 16.7.